The molecule has 2 fully saturated rings. The molecule has 1 amide bonds. The summed E-state index contributed by atoms with van der Waals surface area (Å²) in [6.45, 7) is 1.98. The standard InChI is InChI=1S/C18H25NO2/c1-12(16-5-3-4-6-17(16)20)19(2)18(21)11-15-10-13-7-8-14(15)9-13/h3-6,12-15,20H,7-11H2,1-2H3. The number of aromatic hydroxyl groups is 1. The Morgan fingerprint density at radius 1 is 1.33 bits per heavy atom. The van der Waals surface area contributed by atoms with Crippen LogP contribution in [0.2, 0.25) is 0 Å². The molecule has 0 heterocycles. The van der Waals surface area contributed by atoms with Gasteiger partial charge in [0.2, 0.25) is 5.91 Å². The summed E-state index contributed by atoms with van der Waals surface area (Å²) < 4.78 is 0. The Morgan fingerprint density at radius 2 is 2.10 bits per heavy atom. The number of para-hydroxylation sites is 1. The number of hydrogen-bond donors (Lipinski definition) is 1. The number of phenolic OH excluding ortho intramolecular Hbond substituents is 1. The van der Waals surface area contributed by atoms with Gasteiger partial charge in [0, 0.05) is 19.0 Å². The van der Waals surface area contributed by atoms with Gasteiger partial charge in [0.25, 0.3) is 0 Å². The average Bonchev–Trinajstić information content (AvgIpc) is 3.08. The third kappa shape index (κ3) is 2.78. The van der Waals surface area contributed by atoms with E-state index < -0.39 is 0 Å². The topological polar surface area (TPSA) is 40.5 Å². The molecule has 1 aromatic rings. The molecule has 0 aliphatic heterocycles. The molecule has 114 valence electrons. The third-order valence-electron chi connectivity index (χ3n) is 5.68. The van der Waals surface area contributed by atoms with Crippen molar-refractivity contribution in [3.05, 3.63) is 29.8 Å². The molecule has 2 bridgehead atoms. The Labute approximate surface area is 127 Å². The minimum absolute atomic E-state index is 0.0858. The Bertz CT molecular complexity index is 528. The van der Waals surface area contributed by atoms with Gasteiger partial charge in [-0.15, -0.1) is 0 Å². The first kappa shape index (κ1) is 14.4. The zero-order valence-corrected chi connectivity index (χ0v) is 13.0. The normalized spacial score (nSPS) is 28.6. The SMILES string of the molecule is CC(c1ccccc1O)N(C)C(=O)CC1CC2CCC1C2. The molecule has 2 saturated carbocycles. The predicted octanol–water partition coefficient (Wildman–Crippen LogP) is 3.74. The first-order chi connectivity index (χ1) is 10.1. The Hall–Kier alpha value is -1.51. The maximum Gasteiger partial charge on any atom is 0.223 e. The summed E-state index contributed by atoms with van der Waals surface area (Å²) in [5, 5.41) is 9.94. The number of carbonyl (C=O) groups is 1. The lowest BCUT2D eigenvalue weighted by Crippen LogP contribution is -2.32. The highest BCUT2D eigenvalue weighted by Crippen LogP contribution is 2.49. The van der Waals surface area contributed by atoms with Crippen molar-refractivity contribution < 1.29 is 9.90 Å². The molecular formula is C18H25NO2. The van der Waals surface area contributed by atoms with Gasteiger partial charge in [0.05, 0.1) is 6.04 Å². The quantitative estimate of drug-likeness (QED) is 0.916. The molecular weight excluding hydrogens is 262 g/mol. The second kappa shape index (κ2) is 5.70. The second-order valence-corrected chi connectivity index (χ2v) is 6.88. The summed E-state index contributed by atoms with van der Waals surface area (Å²) in [6, 6.07) is 7.20. The summed E-state index contributed by atoms with van der Waals surface area (Å²) in [5.41, 5.74) is 0.821. The largest absolute Gasteiger partial charge is 0.508 e. The second-order valence-electron chi connectivity index (χ2n) is 6.88. The van der Waals surface area contributed by atoms with E-state index in [9.17, 15) is 9.90 Å². The van der Waals surface area contributed by atoms with E-state index in [0.29, 0.717) is 12.3 Å². The number of carbonyl (C=O) groups excluding carboxylic acids is 1. The molecule has 3 heteroatoms. The summed E-state index contributed by atoms with van der Waals surface area (Å²) in [7, 11) is 1.85. The van der Waals surface area contributed by atoms with Crippen LogP contribution in [0.5, 0.6) is 5.75 Å². The van der Waals surface area contributed by atoms with E-state index in [2.05, 4.69) is 0 Å². The van der Waals surface area contributed by atoms with E-state index in [1.54, 1.807) is 11.0 Å². The Morgan fingerprint density at radius 3 is 2.71 bits per heavy atom. The lowest BCUT2D eigenvalue weighted by Gasteiger charge is -2.29. The van der Waals surface area contributed by atoms with Crippen molar-refractivity contribution in [1.82, 2.24) is 4.90 Å². The van der Waals surface area contributed by atoms with Crippen molar-refractivity contribution in [1.29, 1.82) is 0 Å². The highest BCUT2D eigenvalue weighted by molar-refractivity contribution is 5.76. The highest BCUT2D eigenvalue weighted by atomic mass is 16.3. The molecule has 2 aliphatic rings. The van der Waals surface area contributed by atoms with Crippen molar-refractivity contribution in [3.8, 4) is 5.75 Å². The van der Waals surface area contributed by atoms with Crippen molar-refractivity contribution in [2.24, 2.45) is 17.8 Å². The van der Waals surface area contributed by atoms with E-state index >= 15 is 0 Å². The van der Waals surface area contributed by atoms with Crippen LogP contribution >= 0.6 is 0 Å². The third-order valence-corrected chi connectivity index (χ3v) is 5.68. The van der Waals surface area contributed by atoms with Gasteiger partial charge in [-0.2, -0.15) is 0 Å². The van der Waals surface area contributed by atoms with Gasteiger partial charge in [-0.05, 0) is 50.0 Å². The number of amides is 1. The van der Waals surface area contributed by atoms with Crippen molar-refractivity contribution in [2.45, 2.75) is 45.1 Å². The molecule has 3 nitrogen and oxygen atoms in total. The molecule has 2 aliphatic carbocycles. The van der Waals surface area contributed by atoms with E-state index in [-0.39, 0.29) is 17.7 Å². The number of phenols is 1. The summed E-state index contributed by atoms with van der Waals surface area (Å²) in [4.78, 5) is 14.3. The molecule has 4 unspecified atom stereocenters. The fourth-order valence-electron chi connectivity index (χ4n) is 4.26. The minimum Gasteiger partial charge on any atom is -0.508 e. The van der Waals surface area contributed by atoms with Crippen LogP contribution < -0.4 is 0 Å². The predicted molar refractivity (Wildman–Crippen MR) is 82.8 cm³/mol. The molecule has 21 heavy (non-hydrogen) atoms. The van der Waals surface area contributed by atoms with Gasteiger partial charge in [0.1, 0.15) is 5.75 Å². The van der Waals surface area contributed by atoms with Gasteiger partial charge in [-0.1, -0.05) is 24.6 Å². The Kier molecular flexibility index (Phi) is 3.92. The van der Waals surface area contributed by atoms with Crippen LogP contribution in [0.1, 0.15) is 50.6 Å². The molecule has 0 aromatic heterocycles. The van der Waals surface area contributed by atoms with Gasteiger partial charge in [-0.25, -0.2) is 0 Å². The van der Waals surface area contributed by atoms with Gasteiger partial charge < -0.3 is 10.0 Å². The van der Waals surface area contributed by atoms with E-state index in [1.807, 2.05) is 32.2 Å². The van der Waals surface area contributed by atoms with Crippen molar-refractivity contribution in [2.75, 3.05) is 7.05 Å². The summed E-state index contributed by atoms with van der Waals surface area (Å²) in [6.07, 6.45) is 5.96. The first-order valence-electron chi connectivity index (χ1n) is 8.09. The molecule has 3 rings (SSSR count). The monoisotopic (exact) mass is 287 g/mol. The highest BCUT2D eigenvalue weighted by Gasteiger charge is 2.40. The number of rotatable bonds is 4. The van der Waals surface area contributed by atoms with Crippen LogP contribution in [0, 0.1) is 17.8 Å². The molecule has 1 aromatic carbocycles. The average molecular weight is 287 g/mol. The molecule has 4 atom stereocenters. The minimum atomic E-state index is -0.0858. The number of benzene rings is 1. The zero-order valence-electron chi connectivity index (χ0n) is 13.0. The lowest BCUT2D eigenvalue weighted by atomic mass is 9.86. The van der Waals surface area contributed by atoms with Crippen LogP contribution in [0.15, 0.2) is 24.3 Å². The van der Waals surface area contributed by atoms with E-state index in [1.165, 1.54) is 25.7 Å². The van der Waals surface area contributed by atoms with Crippen LogP contribution in [0.25, 0.3) is 0 Å². The fourth-order valence-corrected chi connectivity index (χ4v) is 4.26. The van der Waals surface area contributed by atoms with Crippen LogP contribution in [-0.4, -0.2) is 23.0 Å². The zero-order chi connectivity index (χ0) is 15.0. The van der Waals surface area contributed by atoms with Crippen molar-refractivity contribution in [3.63, 3.8) is 0 Å². The Balaban J connectivity index is 1.63. The van der Waals surface area contributed by atoms with Gasteiger partial charge in [-0.3, -0.25) is 4.79 Å². The summed E-state index contributed by atoms with van der Waals surface area (Å²) in [5.74, 6) is 2.74. The number of hydrogen-bond acceptors (Lipinski definition) is 2. The van der Waals surface area contributed by atoms with Crippen molar-refractivity contribution >= 4 is 5.91 Å². The first-order valence-corrected chi connectivity index (χ1v) is 8.09. The molecule has 1 N–H and O–H groups in total. The number of fused-ring (bicyclic) bond motifs is 2. The van der Waals surface area contributed by atoms with Crippen LogP contribution in [-0.2, 0) is 4.79 Å². The van der Waals surface area contributed by atoms with Gasteiger partial charge in [0.15, 0.2) is 0 Å². The van der Waals surface area contributed by atoms with Crippen LogP contribution in [0.3, 0.4) is 0 Å². The van der Waals surface area contributed by atoms with Gasteiger partial charge >= 0.3 is 0 Å². The maximum absolute atomic E-state index is 12.5. The van der Waals surface area contributed by atoms with E-state index in [4.69, 9.17) is 0 Å². The maximum atomic E-state index is 12.5. The number of nitrogens with zero attached hydrogens (tertiary/aromatic N) is 1. The molecule has 0 spiro atoms. The fraction of sp³-hybridized carbons (Fsp3) is 0.611. The molecule has 0 radical (unpaired) electrons. The summed E-state index contributed by atoms with van der Waals surface area (Å²) >= 11 is 0. The lowest BCUT2D eigenvalue weighted by molar-refractivity contribution is -0.133. The smallest absolute Gasteiger partial charge is 0.223 e. The van der Waals surface area contributed by atoms with Crippen LogP contribution in [0.4, 0.5) is 0 Å². The van der Waals surface area contributed by atoms with E-state index in [0.717, 1.165) is 17.4 Å². The molecule has 0 saturated heterocycles.